The van der Waals surface area contributed by atoms with Gasteiger partial charge in [-0.2, -0.15) is 0 Å². The molecule has 140 valence electrons. The Morgan fingerprint density at radius 3 is 2.93 bits per heavy atom. The van der Waals surface area contributed by atoms with Crippen LogP contribution in [0.15, 0.2) is 36.8 Å². The Labute approximate surface area is 155 Å². The van der Waals surface area contributed by atoms with Gasteiger partial charge in [0.1, 0.15) is 18.0 Å². The lowest BCUT2D eigenvalue weighted by atomic mass is 10.2. The molecule has 4 rings (SSSR count). The van der Waals surface area contributed by atoms with E-state index in [-0.39, 0.29) is 12.4 Å². The summed E-state index contributed by atoms with van der Waals surface area (Å²) in [6, 6.07) is 5.31. The molecular formula is C19H19N3O5. The molecule has 27 heavy (non-hydrogen) atoms. The van der Waals surface area contributed by atoms with Crippen molar-refractivity contribution in [3.8, 4) is 11.6 Å². The number of imidazole rings is 1. The SMILES string of the molecule is COc1cc(C2OCCO2)c(OCc2cn3cccc(C(C)=O)c3n2)cn1. The van der Waals surface area contributed by atoms with Crippen molar-refractivity contribution in [3.05, 3.63) is 53.6 Å². The lowest BCUT2D eigenvalue weighted by Crippen LogP contribution is -2.05. The molecule has 4 heterocycles. The number of carbonyl (C=O) groups excluding carboxylic acids is 1. The minimum atomic E-state index is -0.512. The number of aromatic nitrogens is 3. The molecule has 0 saturated carbocycles. The highest BCUT2D eigenvalue weighted by atomic mass is 16.7. The molecule has 0 N–H and O–H groups in total. The van der Waals surface area contributed by atoms with Gasteiger partial charge in [0.25, 0.3) is 0 Å². The van der Waals surface area contributed by atoms with Crippen molar-refractivity contribution in [2.45, 2.75) is 19.8 Å². The maximum atomic E-state index is 11.8. The predicted octanol–water partition coefficient (Wildman–Crippen LogP) is 2.56. The van der Waals surface area contributed by atoms with Gasteiger partial charge in [0.15, 0.2) is 12.1 Å². The van der Waals surface area contributed by atoms with Crippen molar-refractivity contribution >= 4 is 11.4 Å². The van der Waals surface area contributed by atoms with E-state index in [1.165, 1.54) is 6.92 Å². The molecule has 0 radical (unpaired) electrons. The molecule has 0 amide bonds. The van der Waals surface area contributed by atoms with Gasteiger partial charge in [-0.15, -0.1) is 0 Å². The Kier molecular flexibility index (Phi) is 4.74. The van der Waals surface area contributed by atoms with Crippen LogP contribution in [0, 0.1) is 0 Å². The van der Waals surface area contributed by atoms with Crippen molar-refractivity contribution in [1.29, 1.82) is 0 Å². The van der Waals surface area contributed by atoms with Crippen molar-refractivity contribution in [3.63, 3.8) is 0 Å². The monoisotopic (exact) mass is 369 g/mol. The van der Waals surface area contributed by atoms with E-state index in [0.717, 1.165) is 0 Å². The number of hydrogen-bond acceptors (Lipinski definition) is 7. The van der Waals surface area contributed by atoms with Crippen molar-refractivity contribution in [1.82, 2.24) is 14.4 Å². The summed E-state index contributed by atoms with van der Waals surface area (Å²) in [7, 11) is 1.55. The average Bonchev–Trinajstić information content (AvgIpc) is 3.35. The van der Waals surface area contributed by atoms with Crippen molar-refractivity contribution < 1.29 is 23.7 Å². The van der Waals surface area contributed by atoms with Gasteiger partial charge in [-0.25, -0.2) is 9.97 Å². The molecule has 0 spiro atoms. The average molecular weight is 369 g/mol. The fourth-order valence-electron chi connectivity index (χ4n) is 2.95. The van der Waals surface area contributed by atoms with Crippen molar-refractivity contribution in [2.24, 2.45) is 0 Å². The Morgan fingerprint density at radius 1 is 1.37 bits per heavy atom. The number of methoxy groups -OCH3 is 1. The minimum absolute atomic E-state index is 0.0316. The van der Waals surface area contributed by atoms with Crippen LogP contribution in [0.25, 0.3) is 5.65 Å². The van der Waals surface area contributed by atoms with Crippen LogP contribution in [0.2, 0.25) is 0 Å². The van der Waals surface area contributed by atoms with Gasteiger partial charge in [-0.3, -0.25) is 4.79 Å². The van der Waals surface area contributed by atoms with Crippen LogP contribution in [0.5, 0.6) is 11.6 Å². The van der Waals surface area contributed by atoms with Crippen LogP contribution in [0.4, 0.5) is 0 Å². The van der Waals surface area contributed by atoms with Gasteiger partial charge in [-0.1, -0.05) is 0 Å². The van der Waals surface area contributed by atoms with Gasteiger partial charge >= 0.3 is 0 Å². The number of Topliss-reactive ketones (excluding diaryl/α,β-unsaturated/α-hetero) is 1. The topological polar surface area (TPSA) is 84.2 Å². The summed E-state index contributed by atoms with van der Waals surface area (Å²) < 4.78 is 24.1. The number of fused-ring (bicyclic) bond motifs is 1. The third-order valence-corrected chi connectivity index (χ3v) is 4.24. The molecule has 0 aliphatic carbocycles. The molecule has 1 saturated heterocycles. The summed E-state index contributed by atoms with van der Waals surface area (Å²) in [4.78, 5) is 20.5. The molecule has 0 unspecified atom stereocenters. The normalized spacial score (nSPS) is 14.6. The van der Waals surface area contributed by atoms with Crippen LogP contribution < -0.4 is 9.47 Å². The first-order valence-electron chi connectivity index (χ1n) is 8.53. The predicted molar refractivity (Wildman–Crippen MR) is 95.0 cm³/mol. The van der Waals surface area contributed by atoms with Crippen LogP contribution >= 0.6 is 0 Å². The number of ketones is 1. The number of hydrogen-bond donors (Lipinski definition) is 0. The number of nitrogens with zero attached hydrogens (tertiary/aromatic N) is 3. The standard InChI is InChI=1S/C19H19N3O5/c1-12(23)14-4-3-5-22-10-13(21-18(14)22)11-27-16-9-20-17(24-2)8-15(16)19-25-6-7-26-19/h3-5,8-10,19H,6-7,11H2,1-2H3. The van der Waals surface area contributed by atoms with Gasteiger partial charge in [0, 0.05) is 18.5 Å². The molecule has 8 heteroatoms. The van der Waals surface area contributed by atoms with E-state index in [9.17, 15) is 4.79 Å². The van der Waals surface area contributed by atoms with Gasteiger partial charge in [0.05, 0.1) is 43.3 Å². The van der Waals surface area contributed by atoms with Crippen LogP contribution in [-0.4, -0.2) is 40.5 Å². The smallest absolute Gasteiger partial charge is 0.213 e. The highest BCUT2D eigenvalue weighted by Crippen LogP contribution is 2.33. The second-order valence-electron chi connectivity index (χ2n) is 6.07. The van der Waals surface area contributed by atoms with Crippen LogP contribution in [0.1, 0.15) is 34.8 Å². The van der Waals surface area contributed by atoms with E-state index in [1.807, 2.05) is 22.9 Å². The van der Waals surface area contributed by atoms with E-state index in [2.05, 4.69) is 9.97 Å². The van der Waals surface area contributed by atoms with Gasteiger partial charge in [0.2, 0.25) is 5.88 Å². The quantitative estimate of drug-likeness (QED) is 0.617. The van der Waals surface area contributed by atoms with E-state index in [1.54, 1.807) is 25.4 Å². The molecule has 8 nitrogen and oxygen atoms in total. The highest BCUT2D eigenvalue weighted by molar-refractivity contribution is 5.99. The fraction of sp³-hybridized carbons (Fsp3) is 0.316. The second-order valence-corrected chi connectivity index (χ2v) is 6.07. The first kappa shape index (κ1) is 17.4. The summed E-state index contributed by atoms with van der Waals surface area (Å²) >= 11 is 0. The molecule has 0 atom stereocenters. The summed E-state index contributed by atoms with van der Waals surface area (Å²) in [5.74, 6) is 0.956. The number of ether oxygens (including phenoxy) is 4. The highest BCUT2D eigenvalue weighted by Gasteiger charge is 2.24. The number of rotatable bonds is 6. The van der Waals surface area contributed by atoms with Gasteiger partial charge in [-0.05, 0) is 19.1 Å². The molecule has 0 aromatic carbocycles. The second kappa shape index (κ2) is 7.34. The largest absolute Gasteiger partial charge is 0.485 e. The maximum Gasteiger partial charge on any atom is 0.213 e. The summed E-state index contributed by atoms with van der Waals surface area (Å²) in [5.41, 5.74) is 2.59. The maximum absolute atomic E-state index is 11.8. The molecule has 1 fully saturated rings. The van der Waals surface area contributed by atoms with Crippen LogP contribution in [0.3, 0.4) is 0 Å². The lowest BCUT2D eigenvalue weighted by molar-refractivity contribution is -0.0461. The van der Waals surface area contributed by atoms with E-state index >= 15 is 0 Å². The molecule has 1 aliphatic rings. The summed E-state index contributed by atoms with van der Waals surface area (Å²) in [6.45, 7) is 2.79. The third-order valence-electron chi connectivity index (χ3n) is 4.24. The zero-order valence-corrected chi connectivity index (χ0v) is 15.0. The number of carbonyl (C=O) groups is 1. The zero-order valence-electron chi connectivity index (χ0n) is 15.0. The Morgan fingerprint density at radius 2 is 2.19 bits per heavy atom. The third kappa shape index (κ3) is 3.49. The van der Waals surface area contributed by atoms with Gasteiger partial charge < -0.3 is 23.3 Å². The van der Waals surface area contributed by atoms with E-state index < -0.39 is 6.29 Å². The number of pyridine rings is 2. The first-order chi connectivity index (χ1) is 13.2. The summed E-state index contributed by atoms with van der Waals surface area (Å²) in [5, 5.41) is 0. The zero-order chi connectivity index (χ0) is 18.8. The molecule has 1 aliphatic heterocycles. The summed E-state index contributed by atoms with van der Waals surface area (Å²) in [6.07, 6.45) is 4.75. The van der Waals surface area contributed by atoms with Crippen LogP contribution in [-0.2, 0) is 16.1 Å². The molecule has 3 aromatic rings. The molecular weight excluding hydrogens is 350 g/mol. The fourth-order valence-corrected chi connectivity index (χ4v) is 2.95. The van der Waals surface area contributed by atoms with E-state index in [4.69, 9.17) is 18.9 Å². The van der Waals surface area contributed by atoms with Crippen molar-refractivity contribution in [2.75, 3.05) is 20.3 Å². The molecule has 0 bridgehead atoms. The Balaban J connectivity index is 1.59. The molecule has 3 aromatic heterocycles. The first-order valence-corrected chi connectivity index (χ1v) is 8.53. The Hall–Kier alpha value is -2.97. The minimum Gasteiger partial charge on any atom is -0.485 e. The lowest BCUT2D eigenvalue weighted by Gasteiger charge is -2.15. The van der Waals surface area contributed by atoms with E-state index in [0.29, 0.717) is 47.3 Å². The Bertz CT molecular complexity index is 979.